The van der Waals surface area contributed by atoms with Crippen molar-refractivity contribution in [1.29, 1.82) is 0 Å². The molecule has 1 N–H and O–H groups in total. The Morgan fingerprint density at radius 3 is 2.61 bits per heavy atom. The van der Waals surface area contributed by atoms with E-state index in [1.165, 1.54) is 0 Å². The first-order chi connectivity index (χ1) is 8.69. The smallest absolute Gasteiger partial charge is 0.246 e. The molecule has 4 nitrogen and oxygen atoms in total. The van der Waals surface area contributed by atoms with Crippen molar-refractivity contribution in [2.24, 2.45) is 5.92 Å². The van der Waals surface area contributed by atoms with Crippen molar-refractivity contribution in [2.75, 3.05) is 18.1 Å². The molecule has 1 aliphatic heterocycles. The van der Waals surface area contributed by atoms with Crippen LogP contribution in [0.4, 0.5) is 0 Å². The Bertz CT molecular complexity index is 331. The maximum atomic E-state index is 12.4. The van der Waals surface area contributed by atoms with Gasteiger partial charge in [-0.2, -0.15) is 11.8 Å². The fraction of sp³-hybridized carbons (Fsp3) is 0.846. The normalized spacial score (nSPS) is 28.4. The number of amides is 2. The van der Waals surface area contributed by atoms with E-state index in [-0.39, 0.29) is 23.9 Å². The van der Waals surface area contributed by atoms with E-state index >= 15 is 0 Å². The molecule has 0 aromatic rings. The standard InChI is InChI=1S/C13H22N2O2S/c1-3-10-12(16)14-11(9-5-6-9)13(17)15(10)7-8-18-4-2/h9-11H,3-8H2,1-2H3,(H,14,16). The minimum atomic E-state index is -0.259. The molecule has 0 aromatic carbocycles. The Morgan fingerprint density at radius 2 is 2.06 bits per heavy atom. The van der Waals surface area contributed by atoms with Crippen LogP contribution in [0, 0.1) is 5.92 Å². The van der Waals surface area contributed by atoms with Gasteiger partial charge in [-0.05, 0) is 30.9 Å². The highest BCUT2D eigenvalue weighted by atomic mass is 32.2. The number of hydrogen-bond donors (Lipinski definition) is 1. The Morgan fingerprint density at radius 1 is 1.33 bits per heavy atom. The number of carbonyl (C=O) groups is 2. The van der Waals surface area contributed by atoms with Crippen molar-refractivity contribution < 1.29 is 9.59 Å². The maximum Gasteiger partial charge on any atom is 0.246 e. The molecule has 2 unspecified atom stereocenters. The summed E-state index contributed by atoms with van der Waals surface area (Å²) >= 11 is 1.82. The molecular formula is C13H22N2O2S. The van der Waals surface area contributed by atoms with Crippen LogP contribution >= 0.6 is 11.8 Å². The number of nitrogens with zero attached hydrogens (tertiary/aromatic N) is 1. The van der Waals surface area contributed by atoms with Crippen LogP contribution in [0.5, 0.6) is 0 Å². The van der Waals surface area contributed by atoms with E-state index in [0.29, 0.717) is 18.9 Å². The fourth-order valence-electron chi connectivity index (χ4n) is 2.51. The van der Waals surface area contributed by atoms with Gasteiger partial charge in [0, 0.05) is 12.3 Å². The van der Waals surface area contributed by atoms with E-state index in [1.807, 2.05) is 23.6 Å². The molecule has 1 aliphatic carbocycles. The summed E-state index contributed by atoms with van der Waals surface area (Å²) in [5, 5.41) is 2.91. The van der Waals surface area contributed by atoms with Gasteiger partial charge in [-0.25, -0.2) is 0 Å². The van der Waals surface area contributed by atoms with Crippen molar-refractivity contribution in [1.82, 2.24) is 10.2 Å². The Balaban J connectivity index is 2.03. The zero-order valence-electron chi connectivity index (χ0n) is 11.1. The highest BCUT2D eigenvalue weighted by molar-refractivity contribution is 7.99. The number of carbonyl (C=O) groups excluding carboxylic acids is 2. The van der Waals surface area contributed by atoms with Gasteiger partial charge in [0.2, 0.25) is 11.8 Å². The number of piperazine rings is 1. The van der Waals surface area contributed by atoms with Crippen LogP contribution < -0.4 is 5.32 Å². The number of rotatable bonds is 6. The van der Waals surface area contributed by atoms with Gasteiger partial charge in [-0.15, -0.1) is 0 Å². The van der Waals surface area contributed by atoms with Gasteiger partial charge in [0.05, 0.1) is 0 Å². The molecule has 1 heterocycles. The van der Waals surface area contributed by atoms with Crippen molar-refractivity contribution >= 4 is 23.6 Å². The molecule has 1 saturated carbocycles. The molecular weight excluding hydrogens is 248 g/mol. The number of thioether (sulfide) groups is 1. The monoisotopic (exact) mass is 270 g/mol. The van der Waals surface area contributed by atoms with Crippen molar-refractivity contribution in [3.8, 4) is 0 Å². The van der Waals surface area contributed by atoms with E-state index in [9.17, 15) is 9.59 Å². The average molecular weight is 270 g/mol. The minimum Gasteiger partial charge on any atom is -0.342 e. The van der Waals surface area contributed by atoms with Gasteiger partial charge in [-0.1, -0.05) is 13.8 Å². The van der Waals surface area contributed by atoms with Crippen LogP contribution in [0.25, 0.3) is 0 Å². The van der Waals surface area contributed by atoms with Crippen molar-refractivity contribution in [3.63, 3.8) is 0 Å². The van der Waals surface area contributed by atoms with Gasteiger partial charge >= 0.3 is 0 Å². The summed E-state index contributed by atoms with van der Waals surface area (Å²) in [5.41, 5.74) is 0. The Hall–Kier alpha value is -0.710. The lowest BCUT2D eigenvalue weighted by atomic mass is 10.0. The fourth-order valence-corrected chi connectivity index (χ4v) is 3.13. The van der Waals surface area contributed by atoms with E-state index < -0.39 is 0 Å². The summed E-state index contributed by atoms with van der Waals surface area (Å²) in [4.78, 5) is 26.3. The summed E-state index contributed by atoms with van der Waals surface area (Å²) < 4.78 is 0. The first kappa shape index (κ1) is 13.7. The second kappa shape index (κ2) is 5.95. The topological polar surface area (TPSA) is 49.4 Å². The Labute approximate surface area is 113 Å². The lowest BCUT2D eigenvalue weighted by Gasteiger charge is -2.38. The lowest BCUT2D eigenvalue weighted by Crippen LogP contribution is -2.64. The van der Waals surface area contributed by atoms with E-state index in [1.54, 1.807) is 0 Å². The van der Waals surface area contributed by atoms with Crippen molar-refractivity contribution in [2.45, 2.75) is 45.2 Å². The van der Waals surface area contributed by atoms with Gasteiger partial charge in [0.25, 0.3) is 0 Å². The maximum absolute atomic E-state index is 12.4. The number of nitrogens with one attached hydrogen (secondary N) is 1. The SMILES string of the molecule is CCSCCN1C(=O)C(C2CC2)NC(=O)C1CC. The molecule has 1 saturated heterocycles. The molecule has 2 fully saturated rings. The zero-order chi connectivity index (χ0) is 13.1. The van der Waals surface area contributed by atoms with Crippen LogP contribution in [0.3, 0.4) is 0 Å². The van der Waals surface area contributed by atoms with E-state index in [2.05, 4.69) is 12.2 Å². The van der Waals surface area contributed by atoms with Crippen LogP contribution in [0.1, 0.15) is 33.1 Å². The average Bonchev–Trinajstić information content (AvgIpc) is 3.17. The Kier molecular flexibility index (Phi) is 4.54. The number of hydrogen-bond acceptors (Lipinski definition) is 3. The zero-order valence-corrected chi connectivity index (χ0v) is 12.0. The first-order valence-electron chi connectivity index (χ1n) is 6.87. The van der Waals surface area contributed by atoms with Crippen LogP contribution in [-0.4, -0.2) is 46.8 Å². The largest absolute Gasteiger partial charge is 0.342 e. The molecule has 0 aromatic heterocycles. The predicted molar refractivity (Wildman–Crippen MR) is 73.4 cm³/mol. The summed E-state index contributed by atoms with van der Waals surface area (Å²) in [7, 11) is 0. The van der Waals surface area contributed by atoms with Gasteiger partial charge in [0.15, 0.2) is 0 Å². The summed E-state index contributed by atoms with van der Waals surface area (Å²) in [6.45, 7) is 4.78. The molecule has 18 heavy (non-hydrogen) atoms. The quantitative estimate of drug-likeness (QED) is 0.739. The second-order valence-corrected chi connectivity index (χ2v) is 6.37. The molecule has 2 amide bonds. The molecule has 0 bridgehead atoms. The van der Waals surface area contributed by atoms with Gasteiger partial charge in [0.1, 0.15) is 12.1 Å². The molecule has 0 radical (unpaired) electrons. The van der Waals surface area contributed by atoms with Crippen LogP contribution in [0.15, 0.2) is 0 Å². The molecule has 5 heteroatoms. The summed E-state index contributed by atoms with van der Waals surface area (Å²) in [6, 6.07) is -0.503. The van der Waals surface area contributed by atoms with Gasteiger partial charge < -0.3 is 10.2 Å². The predicted octanol–water partition coefficient (Wildman–Crippen LogP) is 1.26. The summed E-state index contributed by atoms with van der Waals surface area (Å²) in [6.07, 6.45) is 2.85. The first-order valence-corrected chi connectivity index (χ1v) is 8.03. The molecule has 2 atom stereocenters. The third kappa shape index (κ3) is 2.82. The van der Waals surface area contributed by atoms with E-state index in [0.717, 1.165) is 24.3 Å². The molecule has 0 spiro atoms. The second-order valence-electron chi connectivity index (χ2n) is 4.98. The molecule has 2 rings (SSSR count). The third-order valence-corrected chi connectivity index (χ3v) is 4.57. The van der Waals surface area contributed by atoms with Crippen LogP contribution in [0.2, 0.25) is 0 Å². The van der Waals surface area contributed by atoms with Crippen molar-refractivity contribution in [3.05, 3.63) is 0 Å². The lowest BCUT2D eigenvalue weighted by molar-refractivity contribution is -0.149. The highest BCUT2D eigenvalue weighted by Crippen LogP contribution is 2.35. The molecule has 102 valence electrons. The highest BCUT2D eigenvalue weighted by Gasteiger charge is 2.45. The summed E-state index contributed by atoms with van der Waals surface area (Å²) in [5.74, 6) is 2.54. The van der Waals surface area contributed by atoms with Crippen LogP contribution in [-0.2, 0) is 9.59 Å². The third-order valence-electron chi connectivity index (χ3n) is 3.69. The van der Waals surface area contributed by atoms with E-state index in [4.69, 9.17) is 0 Å². The van der Waals surface area contributed by atoms with Gasteiger partial charge in [-0.3, -0.25) is 9.59 Å². The minimum absolute atomic E-state index is 0.0375. The molecule has 2 aliphatic rings.